The van der Waals surface area contributed by atoms with Crippen LogP contribution in [0.5, 0.6) is 0 Å². The van der Waals surface area contributed by atoms with Crippen molar-refractivity contribution < 1.29 is 9.59 Å². The quantitative estimate of drug-likeness (QED) is 0.813. The average molecular weight is 377 g/mol. The minimum atomic E-state index is -0.189. The van der Waals surface area contributed by atoms with E-state index in [0.717, 1.165) is 57.6 Å². The van der Waals surface area contributed by atoms with Gasteiger partial charge in [0.05, 0.1) is 5.92 Å². The molecule has 2 aliphatic heterocycles. The molecule has 27 heavy (non-hydrogen) atoms. The summed E-state index contributed by atoms with van der Waals surface area (Å²) < 4.78 is 1.65. The average Bonchev–Trinajstić information content (AvgIpc) is 3.07. The van der Waals surface area contributed by atoms with Crippen LogP contribution in [-0.2, 0) is 16.6 Å². The van der Waals surface area contributed by atoms with E-state index in [2.05, 4.69) is 20.7 Å². The van der Waals surface area contributed by atoms with Gasteiger partial charge in [0.15, 0.2) is 5.82 Å². The second-order valence-corrected chi connectivity index (χ2v) is 7.86. The first-order valence-corrected chi connectivity index (χ1v) is 10.2. The molecule has 0 radical (unpaired) electrons. The van der Waals surface area contributed by atoms with E-state index in [-0.39, 0.29) is 23.7 Å². The predicted molar refractivity (Wildman–Crippen MR) is 103 cm³/mol. The Morgan fingerprint density at radius 1 is 1.30 bits per heavy atom. The Hall–Kier alpha value is -1.96. The number of anilines is 1. The van der Waals surface area contributed by atoms with Crippen LogP contribution in [0.2, 0.25) is 0 Å². The fourth-order valence-electron chi connectivity index (χ4n) is 3.86. The molecular weight excluding hydrogens is 344 g/mol. The van der Waals surface area contributed by atoms with Gasteiger partial charge in [-0.1, -0.05) is 13.8 Å². The molecule has 0 bridgehead atoms. The van der Waals surface area contributed by atoms with Crippen molar-refractivity contribution >= 4 is 17.8 Å². The molecule has 150 valence electrons. The summed E-state index contributed by atoms with van der Waals surface area (Å²) in [5.41, 5.74) is 0. The molecule has 2 unspecified atom stereocenters. The highest BCUT2D eigenvalue weighted by Gasteiger charge is 2.31. The summed E-state index contributed by atoms with van der Waals surface area (Å²) in [7, 11) is 1.81. The number of amides is 2. The highest BCUT2D eigenvalue weighted by atomic mass is 16.2. The molecule has 8 heteroatoms. The molecule has 2 atom stereocenters. The van der Waals surface area contributed by atoms with Gasteiger partial charge in [-0.2, -0.15) is 10.1 Å². The van der Waals surface area contributed by atoms with Crippen molar-refractivity contribution in [1.29, 1.82) is 0 Å². The Morgan fingerprint density at radius 2 is 2.04 bits per heavy atom. The second kappa shape index (κ2) is 8.82. The number of nitrogens with one attached hydrogen (secondary N) is 2. The number of nitrogens with zero attached hydrogens (tertiary/aromatic N) is 4. The van der Waals surface area contributed by atoms with Gasteiger partial charge in [-0.3, -0.25) is 14.9 Å². The third-order valence-corrected chi connectivity index (χ3v) is 5.86. The van der Waals surface area contributed by atoms with Crippen molar-refractivity contribution in [2.45, 2.75) is 51.9 Å². The third-order valence-electron chi connectivity index (χ3n) is 5.86. The van der Waals surface area contributed by atoms with Crippen LogP contribution < -0.4 is 10.6 Å². The van der Waals surface area contributed by atoms with Crippen LogP contribution >= 0.6 is 0 Å². The lowest BCUT2D eigenvalue weighted by Gasteiger charge is -2.33. The van der Waals surface area contributed by atoms with E-state index >= 15 is 0 Å². The van der Waals surface area contributed by atoms with Gasteiger partial charge in [0.1, 0.15) is 0 Å². The molecule has 0 aromatic carbocycles. The minimum absolute atomic E-state index is 0.0121. The summed E-state index contributed by atoms with van der Waals surface area (Å²) in [5, 5.41) is 10.8. The molecule has 0 aliphatic carbocycles. The maximum atomic E-state index is 12.8. The predicted octanol–water partition coefficient (Wildman–Crippen LogP) is 1.51. The monoisotopic (exact) mass is 376 g/mol. The lowest BCUT2D eigenvalue weighted by Crippen LogP contribution is -2.45. The minimum Gasteiger partial charge on any atom is -0.342 e. The lowest BCUT2D eigenvalue weighted by atomic mass is 9.95. The number of carbonyl (C=O) groups is 2. The van der Waals surface area contributed by atoms with Gasteiger partial charge in [0.2, 0.25) is 17.8 Å². The van der Waals surface area contributed by atoms with Gasteiger partial charge in [0.25, 0.3) is 0 Å². The maximum Gasteiger partial charge on any atom is 0.231 e. The van der Waals surface area contributed by atoms with Crippen molar-refractivity contribution in [3.05, 3.63) is 5.82 Å². The van der Waals surface area contributed by atoms with E-state index in [1.807, 2.05) is 25.8 Å². The van der Waals surface area contributed by atoms with Crippen LogP contribution in [-0.4, -0.2) is 57.7 Å². The molecule has 1 aromatic heterocycles. The normalized spacial score (nSPS) is 22.5. The second-order valence-electron chi connectivity index (χ2n) is 7.86. The van der Waals surface area contributed by atoms with E-state index < -0.39 is 0 Å². The standard InChI is InChI=1S/C19H32N6O2/c1-4-13(2)18(27)25-11-5-6-15(12-25)17(26)22-19-21-16(23-24(19)3)14-7-9-20-10-8-14/h13-15,20H,4-12H2,1-3H3,(H,21,22,23,26). The number of piperidine rings is 2. The van der Waals surface area contributed by atoms with Crippen LogP contribution in [0.25, 0.3) is 0 Å². The smallest absolute Gasteiger partial charge is 0.231 e. The van der Waals surface area contributed by atoms with Crippen LogP contribution in [0.1, 0.15) is 57.7 Å². The summed E-state index contributed by atoms with van der Waals surface area (Å²) in [4.78, 5) is 31.6. The van der Waals surface area contributed by atoms with Gasteiger partial charge in [-0.05, 0) is 45.2 Å². The molecule has 3 rings (SSSR count). The number of aryl methyl sites for hydroxylation is 1. The van der Waals surface area contributed by atoms with Crippen LogP contribution in [0, 0.1) is 11.8 Å². The van der Waals surface area contributed by atoms with Gasteiger partial charge in [0, 0.05) is 32.0 Å². The molecule has 2 N–H and O–H groups in total. The summed E-state index contributed by atoms with van der Waals surface area (Å²) in [6.45, 7) is 7.17. The maximum absolute atomic E-state index is 12.8. The fourth-order valence-corrected chi connectivity index (χ4v) is 3.86. The van der Waals surface area contributed by atoms with E-state index in [4.69, 9.17) is 0 Å². The molecule has 0 saturated carbocycles. The molecule has 2 fully saturated rings. The molecule has 2 amide bonds. The molecular formula is C19H32N6O2. The van der Waals surface area contributed by atoms with Gasteiger partial charge >= 0.3 is 0 Å². The zero-order chi connectivity index (χ0) is 19.4. The van der Waals surface area contributed by atoms with Crippen LogP contribution in [0.3, 0.4) is 0 Å². The fraction of sp³-hybridized carbons (Fsp3) is 0.789. The summed E-state index contributed by atoms with van der Waals surface area (Å²) in [5.74, 6) is 1.57. The third kappa shape index (κ3) is 4.66. The first-order chi connectivity index (χ1) is 13.0. The molecule has 1 aromatic rings. The summed E-state index contributed by atoms with van der Waals surface area (Å²) in [6, 6.07) is 0. The number of hydrogen-bond acceptors (Lipinski definition) is 5. The summed E-state index contributed by atoms with van der Waals surface area (Å²) >= 11 is 0. The Labute approximate surface area is 161 Å². The molecule has 8 nitrogen and oxygen atoms in total. The molecule has 2 aliphatic rings. The molecule has 0 spiro atoms. The Balaban J connectivity index is 1.61. The summed E-state index contributed by atoms with van der Waals surface area (Å²) in [6.07, 6.45) is 4.53. The topological polar surface area (TPSA) is 92.2 Å². The Morgan fingerprint density at radius 3 is 2.74 bits per heavy atom. The van der Waals surface area contributed by atoms with Crippen LogP contribution in [0.15, 0.2) is 0 Å². The van der Waals surface area contributed by atoms with Crippen molar-refractivity contribution in [2.24, 2.45) is 18.9 Å². The van der Waals surface area contributed by atoms with Crippen molar-refractivity contribution in [2.75, 3.05) is 31.5 Å². The van der Waals surface area contributed by atoms with Gasteiger partial charge < -0.3 is 10.2 Å². The number of likely N-dealkylation sites (tertiary alicyclic amines) is 1. The van der Waals surface area contributed by atoms with Crippen molar-refractivity contribution in [3.8, 4) is 0 Å². The zero-order valence-corrected chi connectivity index (χ0v) is 16.7. The molecule has 2 saturated heterocycles. The largest absolute Gasteiger partial charge is 0.342 e. The number of aromatic nitrogens is 3. The van der Waals surface area contributed by atoms with E-state index in [1.54, 1.807) is 4.68 Å². The first kappa shape index (κ1) is 19.8. The van der Waals surface area contributed by atoms with E-state index in [1.165, 1.54) is 0 Å². The van der Waals surface area contributed by atoms with E-state index in [0.29, 0.717) is 18.4 Å². The Bertz CT molecular complexity index is 667. The number of carbonyl (C=O) groups excluding carboxylic acids is 2. The van der Waals surface area contributed by atoms with E-state index in [9.17, 15) is 9.59 Å². The first-order valence-electron chi connectivity index (χ1n) is 10.2. The van der Waals surface area contributed by atoms with Gasteiger partial charge in [-0.25, -0.2) is 4.68 Å². The van der Waals surface area contributed by atoms with Crippen LogP contribution in [0.4, 0.5) is 5.95 Å². The number of hydrogen-bond donors (Lipinski definition) is 2. The van der Waals surface area contributed by atoms with Crippen molar-refractivity contribution in [3.63, 3.8) is 0 Å². The highest BCUT2D eigenvalue weighted by Crippen LogP contribution is 2.24. The molecule has 3 heterocycles. The number of rotatable bonds is 5. The SMILES string of the molecule is CCC(C)C(=O)N1CCCC(C(=O)Nc2nc(C3CCNCC3)nn2C)C1. The lowest BCUT2D eigenvalue weighted by molar-refractivity contribution is -0.138. The van der Waals surface area contributed by atoms with Crippen molar-refractivity contribution in [1.82, 2.24) is 25.0 Å². The van der Waals surface area contributed by atoms with Gasteiger partial charge in [-0.15, -0.1) is 0 Å². The zero-order valence-electron chi connectivity index (χ0n) is 16.7. The Kier molecular flexibility index (Phi) is 6.46. The highest BCUT2D eigenvalue weighted by molar-refractivity contribution is 5.91.